The molecule has 2 aliphatic rings. The number of hydrogen-bond donors (Lipinski definition) is 2. The Morgan fingerprint density at radius 1 is 1.05 bits per heavy atom. The number of nitrogens with one attached hydrogen (secondary N) is 2. The molecule has 0 aromatic rings. The molecule has 0 aromatic heterocycles. The summed E-state index contributed by atoms with van der Waals surface area (Å²) in [5.74, 6) is 0.697. The summed E-state index contributed by atoms with van der Waals surface area (Å²) < 4.78 is 31.6. The van der Waals surface area contributed by atoms with Crippen molar-refractivity contribution in [2.45, 2.75) is 44.6 Å². The van der Waals surface area contributed by atoms with Gasteiger partial charge >= 0.3 is 0 Å². The fourth-order valence-corrected chi connectivity index (χ4v) is 3.50. The van der Waals surface area contributed by atoms with Gasteiger partial charge in [0.2, 0.25) is 10.0 Å². The molecule has 2 fully saturated rings. The third-order valence-electron chi connectivity index (χ3n) is 3.78. The lowest BCUT2D eigenvalue weighted by molar-refractivity contribution is 0.0678. The third kappa shape index (κ3) is 6.70. The van der Waals surface area contributed by atoms with Crippen LogP contribution in [0, 0.1) is 5.92 Å². The first-order valence-electron chi connectivity index (χ1n) is 7.44. The number of rotatable bonds is 9. The zero-order valence-corrected chi connectivity index (χ0v) is 12.4. The molecule has 0 atom stereocenters. The summed E-state index contributed by atoms with van der Waals surface area (Å²) in [5.41, 5.74) is 0. The minimum absolute atomic E-state index is 0.253. The molecule has 1 aliphatic carbocycles. The molecule has 1 saturated heterocycles. The monoisotopic (exact) mass is 290 g/mol. The van der Waals surface area contributed by atoms with E-state index in [1.165, 1.54) is 12.8 Å². The SMILES string of the molecule is O=S(=O)(CCCCNC1CC1)NCC1CCOCC1. The highest BCUT2D eigenvalue weighted by Gasteiger charge is 2.20. The van der Waals surface area contributed by atoms with E-state index in [-0.39, 0.29) is 5.75 Å². The molecule has 0 amide bonds. The van der Waals surface area contributed by atoms with Crippen molar-refractivity contribution in [1.29, 1.82) is 0 Å². The van der Waals surface area contributed by atoms with E-state index in [0.29, 0.717) is 18.5 Å². The molecule has 0 bridgehead atoms. The zero-order chi connectivity index (χ0) is 13.6. The van der Waals surface area contributed by atoms with Gasteiger partial charge in [0, 0.05) is 25.8 Å². The molecule has 2 N–H and O–H groups in total. The fraction of sp³-hybridized carbons (Fsp3) is 1.00. The van der Waals surface area contributed by atoms with Gasteiger partial charge in [-0.1, -0.05) is 0 Å². The van der Waals surface area contributed by atoms with Crippen molar-refractivity contribution >= 4 is 10.0 Å². The van der Waals surface area contributed by atoms with Crippen LogP contribution >= 0.6 is 0 Å². The lowest BCUT2D eigenvalue weighted by Crippen LogP contribution is -2.33. The topological polar surface area (TPSA) is 67.4 Å². The molecule has 1 aliphatic heterocycles. The number of hydrogen-bond acceptors (Lipinski definition) is 4. The van der Waals surface area contributed by atoms with E-state index < -0.39 is 10.0 Å². The molecule has 5 nitrogen and oxygen atoms in total. The van der Waals surface area contributed by atoms with Gasteiger partial charge in [-0.05, 0) is 51.0 Å². The van der Waals surface area contributed by atoms with E-state index in [1.54, 1.807) is 0 Å². The third-order valence-corrected chi connectivity index (χ3v) is 5.22. The summed E-state index contributed by atoms with van der Waals surface area (Å²) in [6.45, 7) is 3.05. The van der Waals surface area contributed by atoms with Crippen LogP contribution in [0.3, 0.4) is 0 Å². The first-order chi connectivity index (χ1) is 9.16. The molecule has 0 spiro atoms. The highest BCUT2D eigenvalue weighted by Crippen LogP contribution is 2.18. The Labute approximate surface area is 116 Å². The van der Waals surface area contributed by atoms with Crippen LogP contribution in [0.25, 0.3) is 0 Å². The van der Waals surface area contributed by atoms with Crippen LogP contribution in [0.4, 0.5) is 0 Å². The Morgan fingerprint density at radius 3 is 2.47 bits per heavy atom. The standard InChI is InChI=1S/C13H26N2O3S/c16-19(17,10-2-1-7-14-13-3-4-13)15-11-12-5-8-18-9-6-12/h12-15H,1-11H2. The van der Waals surface area contributed by atoms with E-state index in [2.05, 4.69) is 10.0 Å². The molecule has 1 saturated carbocycles. The van der Waals surface area contributed by atoms with Crippen LogP contribution in [0.15, 0.2) is 0 Å². The van der Waals surface area contributed by atoms with Crippen LogP contribution in [0.5, 0.6) is 0 Å². The van der Waals surface area contributed by atoms with Crippen LogP contribution in [-0.2, 0) is 14.8 Å². The summed E-state index contributed by atoms with van der Waals surface area (Å²) in [7, 11) is -3.08. The fourth-order valence-electron chi connectivity index (χ4n) is 2.28. The summed E-state index contributed by atoms with van der Waals surface area (Å²) in [6, 6.07) is 0.711. The van der Waals surface area contributed by atoms with Crippen molar-refractivity contribution in [3.63, 3.8) is 0 Å². The van der Waals surface area contributed by atoms with Crippen molar-refractivity contribution in [3.05, 3.63) is 0 Å². The predicted molar refractivity (Wildman–Crippen MR) is 75.6 cm³/mol. The van der Waals surface area contributed by atoms with E-state index in [9.17, 15) is 8.42 Å². The highest BCUT2D eigenvalue weighted by atomic mass is 32.2. The normalized spacial score (nSPS) is 21.7. The van der Waals surface area contributed by atoms with E-state index in [0.717, 1.165) is 45.4 Å². The zero-order valence-electron chi connectivity index (χ0n) is 11.6. The van der Waals surface area contributed by atoms with Gasteiger partial charge in [0.15, 0.2) is 0 Å². The number of ether oxygens (including phenoxy) is 1. The summed E-state index contributed by atoms with van der Waals surface area (Å²) in [5, 5.41) is 3.40. The van der Waals surface area contributed by atoms with Gasteiger partial charge in [-0.15, -0.1) is 0 Å². The van der Waals surface area contributed by atoms with Crippen molar-refractivity contribution < 1.29 is 13.2 Å². The van der Waals surface area contributed by atoms with Crippen molar-refractivity contribution in [2.24, 2.45) is 5.92 Å². The van der Waals surface area contributed by atoms with Gasteiger partial charge in [0.25, 0.3) is 0 Å². The van der Waals surface area contributed by atoms with Crippen LogP contribution in [-0.4, -0.2) is 46.5 Å². The van der Waals surface area contributed by atoms with Gasteiger partial charge in [0.1, 0.15) is 0 Å². The Hall–Kier alpha value is -0.170. The summed E-state index contributed by atoms with van der Waals surface area (Å²) >= 11 is 0. The van der Waals surface area contributed by atoms with E-state index >= 15 is 0 Å². The maximum absolute atomic E-state index is 11.8. The maximum atomic E-state index is 11.8. The first-order valence-corrected chi connectivity index (χ1v) is 9.09. The lowest BCUT2D eigenvalue weighted by Gasteiger charge is -2.22. The van der Waals surface area contributed by atoms with Crippen molar-refractivity contribution in [1.82, 2.24) is 10.0 Å². The second-order valence-corrected chi connectivity index (χ2v) is 7.59. The largest absolute Gasteiger partial charge is 0.381 e. The average molecular weight is 290 g/mol. The second-order valence-electron chi connectivity index (χ2n) is 5.66. The van der Waals surface area contributed by atoms with E-state index in [1.807, 2.05) is 0 Å². The molecule has 0 unspecified atom stereocenters. The quantitative estimate of drug-likeness (QED) is 0.618. The van der Waals surface area contributed by atoms with Crippen molar-refractivity contribution in [2.75, 3.05) is 32.1 Å². The lowest BCUT2D eigenvalue weighted by atomic mass is 10.0. The van der Waals surface area contributed by atoms with Crippen LogP contribution in [0.1, 0.15) is 38.5 Å². The highest BCUT2D eigenvalue weighted by molar-refractivity contribution is 7.89. The number of sulfonamides is 1. The molecule has 112 valence electrons. The Morgan fingerprint density at radius 2 is 1.79 bits per heavy atom. The predicted octanol–water partition coefficient (Wildman–Crippen LogP) is 0.865. The van der Waals surface area contributed by atoms with E-state index in [4.69, 9.17) is 4.74 Å². The molecular formula is C13H26N2O3S. The van der Waals surface area contributed by atoms with Gasteiger partial charge < -0.3 is 10.1 Å². The Bertz CT molecular complexity index is 349. The number of unbranched alkanes of at least 4 members (excludes halogenated alkanes) is 1. The second kappa shape index (κ2) is 7.57. The minimum Gasteiger partial charge on any atom is -0.381 e. The minimum atomic E-state index is -3.08. The van der Waals surface area contributed by atoms with Gasteiger partial charge in [0.05, 0.1) is 5.75 Å². The molecule has 6 heteroatoms. The molecule has 0 radical (unpaired) electrons. The van der Waals surface area contributed by atoms with Gasteiger partial charge in [-0.3, -0.25) is 0 Å². The smallest absolute Gasteiger partial charge is 0.211 e. The molecule has 2 rings (SSSR count). The molecular weight excluding hydrogens is 264 g/mol. The van der Waals surface area contributed by atoms with Gasteiger partial charge in [-0.2, -0.15) is 0 Å². The Balaban J connectivity index is 1.52. The van der Waals surface area contributed by atoms with Crippen LogP contribution in [0.2, 0.25) is 0 Å². The maximum Gasteiger partial charge on any atom is 0.211 e. The van der Waals surface area contributed by atoms with Crippen LogP contribution < -0.4 is 10.0 Å². The average Bonchev–Trinajstić information content (AvgIpc) is 3.21. The molecule has 1 heterocycles. The molecule has 0 aromatic carbocycles. The van der Waals surface area contributed by atoms with Crippen molar-refractivity contribution in [3.8, 4) is 0 Å². The Kier molecular flexibility index (Phi) is 6.06. The van der Waals surface area contributed by atoms with Gasteiger partial charge in [-0.25, -0.2) is 13.1 Å². The first kappa shape index (κ1) is 15.2. The summed E-state index contributed by atoms with van der Waals surface area (Å²) in [6.07, 6.45) is 6.18. The summed E-state index contributed by atoms with van der Waals surface area (Å²) in [4.78, 5) is 0. The molecule has 19 heavy (non-hydrogen) atoms.